The van der Waals surface area contributed by atoms with E-state index >= 15 is 0 Å². The summed E-state index contributed by atoms with van der Waals surface area (Å²) in [4.78, 5) is 21.4. The maximum absolute atomic E-state index is 15.0. The fraction of sp³-hybridized carbons (Fsp3) is 0.256. The van der Waals surface area contributed by atoms with Crippen LogP contribution in [0.1, 0.15) is 41.7 Å². The number of piperazine rings is 1. The monoisotopic (exact) mass is 769 g/mol. The number of aryl methyl sites for hydroxylation is 1. The van der Waals surface area contributed by atoms with Crippen LogP contribution >= 0.6 is 23.2 Å². The summed E-state index contributed by atoms with van der Waals surface area (Å²) in [5, 5.41) is 1.04. The molecular formula is C43H42Cl2FN3O5. The van der Waals surface area contributed by atoms with Gasteiger partial charge in [0.15, 0.2) is 5.75 Å². The molecule has 0 aliphatic carbocycles. The predicted molar refractivity (Wildman–Crippen MR) is 210 cm³/mol. The zero-order chi connectivity index (χ0) is 38.0. The van der Waals surface area contributed by atoms with Crippen molar-refractivity contribution in [3.05, 3.63) is 147 Å². The number of amides is 1. The standard InChI is InChI=1S/C43H42Cl2FN3O5/c1-29(2)53-36-13-11-35(12-14-36)51-28-34-10-8-32(24-40(34)46)26-48-18-20-49(21-19-48)42(50)17-9-31-22-30(3)43(39(45)23-31)54-41-16-15-37(25-47-41)52-27-33-6-4-5-7-38(33)44/h4-17,22-25,29H,18-21,26-28H2,1-3H3. The van der Waals surface area contributed by atoms with Gasteiger partial charge in [0.25, 0.3) is 0 Å². The minimum Gasteiger partial charge on any atom is -0.491 e. The first kappa shape index (κ1) is 38.6. The van der Waals surface area contributed by atoms with Crippen LogP contribution in [0.2, 0.25) is 10.0 Å². The van der Waals surface area contributed by atoms with Gasteiger partial charge in [0.2, 0.25) is 11.8 Å². The van der Waals surface area contributed by atoms with Gasteiger partial charge in [0.05, 0.1) is 17.3 Å². The van der Waals surface area contributed by atoms with E-state index < -0.39 is 0 Å². The highest BCUT2D eigenvalue weighted by Crippen LogP contribution is 2.34. The topological polar surface area (TPSA) is 73.4 Å². The minimum atomic E-state index is -0.303. The Morgan fingerprint density at radius 3 is 2.22 bits per heavy atom. The molecule has 0 unspecified atom stereocenters. The van der Waals surface area contributed by atoms with Gasteiger partial charge in [-0.05, 0) is 98.1 Å². The van der Waals surface area contributed by atoms with Crippen molar-refractivity contribution in [1.29, 1.82) is 0 Å². The molecule has 0 N–H and O–H groups in total. The van der Waals surface area contributed by atoms with Crippen molar-refractivity contribution in [2.24, 2.45) is 0 Å². The molecule has 0 saturated carbocycles. The molecule has 5 aromatic rings. The smallest absolute Gasteiger partial charge is 0.246 e. The van der Waals surface area contributed by atoms with E-state index in [0.29, 0.717) is 78.1 Å². The molecule has 11 heteroatoms. The van der Waals surface area contributed by atoms with Gasteiger partial charge in [-0.15, -0.1) is 0 Å². The summed E-state index contributed by atoms with van der Waals surface area (Å²) >= 11 is 12.8. The van der Waals surface area contributed by atoms with E-state index in [4.69, 9.17) is 42.1 Å². The lowest BCUT2D eigenvalue weighted by atomic mass is 10.1. The van der Waals surface area contributed by atoms with Crippen molar-refractivity contribution in [3.63, 3.8) is 0 Å². The molecule has 1 saturated heterocycles. The molecule has 0 bridgehead atoms. The number of carbonyl (C=O) groups is 1. The number of benzene rings is 4. The molecule has 0 radical (unpaired) electrons. The first-order chi connectivity index (χ1) is 26.1. The first-order valence-electron chi connectivity index (χ1n) is 17.8. The third-order valence-corrected chi connectivity index (χ3v) is 9.38. The van der Waals surface area contributed by atoms with Crippen molar-refractivity contribution in [1.82, 2.24) is 14.8 Å². The Hall–Kier alpha value is -5.09. The summed E-state index contributed by atoms with van der Waals surface area (Å²) < 4.78 is 38.2. The highest BCUT2D eigenvalue weighted by molar-refractivity contribution is 6.32. The summed E-state index contributed by atoms with van der Waals surface area (Å²) in [6.07, 6.45) is 4.99. The van der Waals surface area contributed by atoms with E-state index in [1.165, 1.54) is 0 Å². The van der Waals surface area contributed by atoms with E-state index in [2.05, 4.69) is 9.88 Å². The van der Waals surface area contributed by atoms with Crippen LogP contribution in [0.25, 0.3) is 6.08 Å². The molecule has 1 aliphatic heterocycles. The SMILES string of the molecule is Cc1cc(C=CC(=O)N2CCN(Cc3ccc(COc4ccc(OC(C)C)cc4)c(F)c3)CC2)cc(Cl)c1Oc1ccc(OCc2ccccc2Cl)cn1. The number of nitrogens with zero attached hydrogens (tertiary/aromatic N) is 3. The number of ether oxygens (including phenoxy) is 4. The lowest BCUT2D eigenvalue weighted by Crippen LogP contribution is -2.47. The zero-order valence-electron chi connectivity index (χ0n) is 30.4. The van der Waals surface area contributed by atoms with Crippen LogP contribution in [0.4, 0.5) is 4.39 Å². The fourth-order valence-corrected chi connectivity index (χ4v) is 6.39. The number of aromatic nitrogens is 1. The molecule has 6 rings (SSSR count). The Labute approximate surface area is 325 Å². The Bertz CT molecular complexity index is 2040. The van der Waals surface area contributed by atoms with Crippen molar-refractivity contribution < 1.29 is 28.1 Å². The second-order valence-electron chi connectivity index (χ2n) is 13.3. The van der Waals surface area contributed by atoms with Gasteiger partial charge in [-0.2, -0.15) is 0 Å². The van der Waals surface area contributed by atoms with Crippen LogP contribution in [-0.4, -0.2) is 53.0 Å². The lowest BCUT2D eigenvalue weighted by molar-refractivity contribution is -0.127. The first-order valence-corrected chi connectivity index (χ1v) is 18.5. The van der Waals surface area contributed by atoms with Gasteiger partial charge >= 0.3 is 0 Å². The van der Waals surface area contributed by atoms with Crippen LogP contribution in [0, 0.1) is 12.7 Å². The van der Waals surface area contributed by atoms with Gasteiger partial charge in [-0.1, -0.05) is 53.5 Å². The summed E-state index contributed by atoms with van der Waals surface area (Å²) in [5.41, 5.74) is 3.81. The third-order valence-electron chi connectivity index (χ3n) is 8.74. The molecule has 0 atom stereocenters. The summed E-state index contributed by atoms with van der Waals surface area (Å²) in [6, 6.07) is 27.2. The van der Waals surface area contributed by atoms with Gasteiger partial charge in [0, 0.05) is 61.0 Å². The van der Waals surface area contributed by atoms with E-state index in [9.17, 15) is 9.18 Å². The molecule has 8 nitrogen and oxygen atoms in total. The average Bonchev–Trinajstić information content (AvgIpc) is 3.16. The van der Waals surface area contributed by atoms with Crippen molar-refractivity contribution in [3.8, 4) is 28.9 Å². The molecule has 1 fully saturated rings. The Balaban J connectivity index is 0.947. The molecule has 4 aromatic carbocycles. The number of pyridine rings is 1. The van der Waals surface area contributed by atoms with Crippen LogP contribution < -0.4 is 18.9 Å². The van der Waals surface area contributed by atoms with Crippen LogP contribution in [0.5, 0.6) is 28.9 Å². The van der Waals surface area contributed by atoms with E-state index in [0.717, 1.165) is 28.0 Å². The molecule has 1 aromatic heterocycles. The molecule has 2 heterocycles. The van der Waals surface area contributed by atoms with Gasteiger partial charge < -0.3 is 23.8 Å². The number of hydrogen-bond donors (Lipinski definition) is 0. The molecule has 0 spiro atoms. The second-order valence-corrected chi connectivity index (χ2v) is 14.1. The summed E-state index contributed by atoms with van der Waals surface area (Å²) in [5.74, 6) is 2.45. The average molecular weight is 771 g/mol. The minimum absolute atomic E-state index is 0.0812. The quantitative estimate of drug-likeness (QED) is 0.104. The number of carbonyl (C=O) groups excluding carboxylic acids is 1. The number of rotatable bonds is 14. The third kappa shape index (κ3) is 10.7. The maximum Gasteiger partial charge on any atom is 0.246 e. The van der Waals surface area contributed by atoms with Crippen molar-refractivity contribution in [2.75, 3.05) is 26.2 Å². The predicted octanol–water partition coefficient (Wildman–Crippen LogP) is 9.93. The summed E-state index contributed by atoms with van der Waals surface area (Å²) in [7, 11) is 0. The van der Waals surface area contributed by atoms with Crippen molar-refractivity contribution >= 4 is 35.2 Å². The molecular weight excluding hydrogens is 728 g/mol. The Kier molecular flexibility index (Phi) is 13.1. The molecule has 54 heavy (non-hydrogen) atoms. The number of halogens is 3. The number of hydrogen-bond acceptors (Lipinski definition) is 7. The van der Waals surface area contributed by atoms with E-state index in [-0.39, 0.29) is 24.4 Å². The van der Waals surface area contributed by atoms with Gasteiger partial charge in [-0.3, -0.25) is 9.69 Å². The Morgan fingerprint density at radius 2 is 1.54 bits per heavy atom. The fourth-order valence-electron chi connectivity index (χ4n) is 5.89. The second kappa shape index (κ2) is 18.3. The maximum atomic E-state index is 15.0. The normalized spacial score (nSPS) is 13.4. The lowest BCUT2D eigenvalue weighted by Gasteiger charge is -2.34. The van der Waals surface area contributed by atoms with Gasteiger partial charge in [-0.25, -0.2) is 9.37 Å². The highest BCUT2D eigenvalue weighted by Gasteiger charge is 2.20. The largest absolute Gasteiger partial charge is 0.491 e. The summed E-state index contributed by atoms with van der Waals surface area (Å²) in [6.45, 7) is 9.38. The van der Waals surface area contributed by atoms with E-state index in [1.54, 1.807) is 48.7 Å². The highest BCUT2D eigenvalue weighted by atomic mass is 35.5. The molecule has 1 aliphatic rings. The van der Waals surface area contributed by atoms with E-state index in [1.807, 2.05) is 86.3 Å². The van der Waals surface area contributed by atoms with Crippen LogP contribution in [0.15, 0.2) is 103 Å². The molecule has 280 valence electrons. The Morgan fingerprint density at radius 1 is 0.833 bits per heavy atom. The van der Waals surface area contributed by atoms with Crippen LogP contribution in [-0.2, 0) is 24.6 Å². The zero-order valence-corrected chi connectivity index (χ0v) is 31.9. The van der Waals surface area contributed by atoms with Crippen molar-refractivity contribution in [2.45, 2.75) is 46.6 Å². The molecule has 1 amide bonds. The van der Waals surface area contributed by atoms with Gasteiger partial charge in [0.1, 0.15) is 36.3 Å². The van der Waals surface area contributed by atoms with Crippen LogP contribution in [0.3, 0.4) is 0 Å².